The van der Waals surface area contributed by atoms with Gasteiger partial charge in [-0.3, -0.25) is 9.36 Å². The first-order valence-electron chi connectivity index (χ1n) is 8.55. The minimum absolute atomic E-state index is 0.152. The summed E-state index contributed by atoms with van der Waals surface area (Å²) in [5.41, 5.74) is 4.67. The molecule has 2 aromatic carbocycles. The van der Waals surface area contributed by atoms with E-state index in [-0.39, 0.29) is 5.91 Å². The van der Waals surface area contributed by atoms with Crippen LogP contribution < -0.4 is 4.74 Å². The fourth-order valence-electron chi connectivity index (χ4n) is 3.78. The molecule has 4 rings (SSSR count). The summed E-state index contributed by atoms with van der Waals surface area (Å²) in [6.07, 6.45) is 4.87. The Kier molecular flexibility index (Phi) is 3.85. The van der Waals surface area contributed by atoms with Gasteiger partial charge in [0.05, 0.1) is 19.0 Å². The van der Waals surface area contributed by atoms with Gasteiger partial charge < -0.3 is 4.74 Å². The number of para-hydroxylation sites is 1. The highest BCUT2D eigenvalue weighted by Gasteiger charge is 2.23. The molecule has 3 nitrogen and oxygen atoms in total. The van der Waals surface area contributed by atoms with Gasteiger partial charge in [-0.1, -0.05) is 30.3 Å². The van der Waals surface area contributed by atoms with Crippen molar-refractivity contribution in [3.8, 4) is 5.75 Å². The van der Waals surface area contributed by atoms with Crippen LogP contribution in [0.3, 0.4) is 0 Å². The molecular weight excluding hydrogens is 298 g/mol. The molecular formula is C21H21NO2. The number of ether oxygens (including phenoxy) is 1. The lowest BCUT2D eigenvalue weighted by Gasteiger charge is -2.15. The van der Waals surface area contributed by atoms with Gasteiger partial charge in [-0.05, 0) is 55.0 Å². The van der Waals surface area contributed by atoms with Crippen LogP contribution in [0.15, 0.2) is 48.5 Å². The van der Waals surface area contributed by atoms with E-state index in [9.17, 15) is 4.79 Å². The quantitative estimate of drug-likeness (QED) is 0.716. The number of hydrogen-bond acceptors (Lipinski definition) is 2. The predicted molar refractivity (Wildman–Crippen MR) is 95.9 cm³/mol. The normalized spacial score (nSPS) is 13.7. The van der Waals surface area contributed by atoms with Crippen molar-refractivity contribution in [3.63, 3.8) is 0 Å². The van der Waals surface area contributed by atoms with E-state index in [0.717, 1.165) is 29.7 Å². The van der Waals surface area contributed by atoms with Gasteiger partial charge in [-0.2, -0.15) is 0 Å². The molecule has 122 valence electrons. The van der Waals surface area contributed by atoms with Crippen LogP contribution in [-0.4, -0.2) is 17.6 Å². The second-order valence-electron chi connectivity index (χ2n) is 6.40. The number of nitrogens with zero attached hydrogens (tertiary/aromatic N) is 1. The highest BCUT2D eigenvalue weighted by molar-refractivity contribution is 5.97. The zero-order valence-corrected chi connectivity index (χ0v) is 13.9. The van der Waals surface area contributed by atoms with Gasteiger partial charge in [0.2, 0.25) is 5.91 Å². The summed E-state index contributed by atoms with van der Waals surface area (Å²) in [5.74, 6) is 0.967. The molecule has 0 bridgehead atoms. The van der Waals surface area contributed by atoms with Gasteiger partial charge in [0.1, 0.15) is 5.75 Å². The van der Waals surface area contributed by atoms with Crippen LogP contribution in [0, 0.1) is 0 Å². The third-order valence-corrected chi connectivity index (χ3v) is 4.94. The molecule has 0 N–H and O–H groups in total. The molecule has 1 aliphatic rings. The van der Waals surface area contributed by atoms with E-state index in [4.69, 9.17) is 4.74 Å². The number of aromatic nitrogens is 1. The highest BCUT2D eigenvalue weighted by Crippen LogP contribution is 2.32. The van der Waals surface area contributed by atoms with Crippen molar-refractivity contribution >= 4 is 16.8 Å². The average molecular weight is 319 g/mol. The van der Waals surface area contributed by atoms with Crippen LogP contribution >= 0.6 is 0 Å². The van der Waals surface area contributed by atoms with E-state index in [2.05, 4.69) is 18.2 Å². The van der Waals surface area contributed by atoms with Crippen LogP contribution in [0.5, 0.6) is 5.75 Å². The minimum Gasteiger partial charge on any atom is -0.497 e. The molecule has 0 spiro atoms. The molecule has 0 saturated heterocycles. The Labute approximate surface area is 141 Å². The fraction of sp³-hybridized carbons (Fsp3) is 0.286. The van der Waals surface area contributed by atoms with Crippen molar-refractivity contribution in [2.24, 2.45) is 0 Å². The van der Waals surface area contributed by atoms with Crippen LogP contribution in [0.25, 0.3) is 10.9 Å². The second-order valence-corrected chi connectivity index (χ2v) is 6.40. The molecule has 0 aliphatic heterocycles. The molecule has 1 aliphatic carbocycles. The number of benzene rings is 2. The SMILES string of the molecule is COc1ccc(CC(=O)n2c3c(c4ccccc42)CCCC3)cc1. The van der Waals surface area contributed by atoms with E-state index < -0.39 is 0 Å². The molecule has 0 amide bonds. The summed E-state index contributed by atoms with van der Waals surface area (Å²) >= 11 is 0. The lowest BCUT2D eigenvalue weighted by molar-refractivity contribution is 0.0915. The summed E-state index contributed by atoms with van der Waals surface area (Å²) in [6, 6.07) is 16.1. The average Bonchev–Trinajstić information content (AvgIpc) is 2.97. The lowest BCUT2D eigenvalue weighted by atomic mass is 9.95. The Hall–Kier alpha value is -2.55. The number of methoxy groups -OCH3 is 1. The van der Waals surface area contributed by atoms with Crippen LogP contribution in [0.1, 0.15) is 34.5 Å². The summed E-state index contributed by atoms with van der Waals surface area (Å²) in [6.45, 7) is 0. The molecule has 1 heterocycles. The monoisotopic (exact) mass is 319 g/mol. The number of fused-ring (bicyclic) bond motifs is 3. The van der Waals surface area contributed by atoms with Crippen LogP contribution in [0.2, 0.25) is 0 Å². The predicted octanol–water partition coefficient (Wildman–Crippen LogP) is 4.41. The number of rotatable bonds is 3. The van der Waals surface area contributed by atoms with Gasteiger partial charge >= 0.3 is 0 Å². The number of carbonyl (C=O) groups is 1. The minimum atomic E-state index is 0.152. The van der Waals surface area contributed by atoms with E-state index in [1.54, 1.807) is 7.11 Å². The van der Waals surface area contributed by atoms with E-state index in [1.807, 2.05) is 34.9 Å². The highest BCUT2D eigenvalue weighted by atomic mass is 16.5. The fourth-order valence-corrected chi connectivity index (χ4v) is 3.78. The molecule has 0 radical (unpaired) electrons. The summed E-state index contributed by atoms with van der Waals surface area (Å²) in [5, 5.41) is 1.25. The third-order valence-electron chi connectivity index (χ3n) is 4.94. The Balaban J connectivity index is 1.73. The van der Waals surface area contributed by atoms with Gasteiger partial charge in [-0.15, -0.1) is 0 Å². The van der Waals surface area contributed by atoms with Crippen LogP contribution in [-0.2, 0) is 19.3 Å². The van der Waals surface area contributed by atoms with Gasteiger partial charge in [0.15, 0.2) is 0 Å². The van der Waals surface area contributed by atoms with Gasteiger partial charge in [0.25, 0.3) is 0 Å². The first-order chi connectivity index (χ1) is 11.8. The first kappa shape index (κ1) is 15.0. The van der Waals surface area contributed by atoms with Gasteiger partial charge in [-0.25, -0.2) is 0 Å². The Morgan fingerprint density at radius 2 is 1.79 bits per heavy atom. The number of aryl methyl sites for hydroxylation is 1. The third kappa shape index (κ3) is 2.50. The Morgan fingerprint density at radius 3 is 2.58 bits per heavy atom. The molecule has 3 aromatic rings. The lowest BCUT2D eigenvalue weighted by Crippen LogP contribution is -2.18. The van der Waals surface area contributed by atoms with Crippen molar-refractivity contribution in [2.45, 2.75) is 32.1 Å². The standard InChI is InChI=1S/C21H21NO2/c1-24-16-12-10-15(11-13-16)14-21(23)22-19-8-4-2-6-17(19)18-7-3-5-9-20(18)22/h2,4,6,8,10-13H,3,5,7,9,14H2,1H3. The zero-order valence-electron chi connectivity index (χ0n) is 13.9. The van der Waals surface area contributed by atoms with Gasteiger partial charge in [0, 0.05) is 11.1 Å². The molecule has 0 saturated carbocycles. The van der Waals surface area contributed by atoms with Crippen molar-refractivity contribution < 1.29 is 9.53 Å². The zero-order chi connectivity index (χ0) is 16.5. The van der Waals surface area contributed by atoms with E-state index in [0.29, 0.717) is 6.42 Å². The Bertz CT molecular complexity index is 890. The number of hydrogen-bond donors (Lipinski definition) is 0. The topological polar surface area (TPSA) is 31.2 Å². The maximum absolute atomic E-state index is 13.0. The molecule has 0 fully saturated rings. The maximum Gasteiger partial charge on any atom is 0.235 e. The van der Waals surface area contributed by atoms with Crippen molar-refractivity contribution in [1.29, 1.82) is 0 Å². The second kappa shape index (κ2) is 6.16. The summed E-state index contributed by atoms with van der Waals surface area (Å²) < 4.78 is 7.15. The number of carbonyl (C=O) groups excluding carboxylic acids is 1. The molecule has 1 aromatic heterocycles. The molecule has 0 atom stereocenters. The van der Waals surface area contributed by atoms with E-state index >= 15 is 0 Å². The van der Waals surface area contributed by atoms with Crippen molar-refractivity contribution in [2.75, 3.05) is 7.11 Å². The largest absolute Gasteiger partial charge is 0.497 e. The van der Waals surface area contributed by atoms with Crippen molar-refractivity contribution in [3.05, 3.63) is 65.4 Å². The maximum atomic E-state index is 13.0. The van der Waals surface area contributed by atoms with E-state index in [1.165, 1.54) is 29.5 Å². The smallest absolute Gasteiger partial charge is 0.235 e. The molecule has 24 heavy (non-hydrogen) atoms. The summed E-state index contributed by atoms with van der Waals surface area (Å²) in [7, 11) is 1.65. The van der Waals surface area contributed by atoms with Crippen LogP contribution in [0.4, 0.5) is 0 Å². The Morgan fingerprint density at radius 1 is 1.04 bits per heavy atom. The first-order valence-corrected chi connectivity index (χ1v) is 8.55. The molecule has 0 unspecified atom stereocenters. The molecule has 3 heteroatoms. The summed E-state index contributed by atoms with van der Waals surface area (Å²) in [4.78, 5) is 13.0. The van der Waals surface area contributed by atoms with Crippen molar-refractivity contribution in [1.82, 2.24) is 4.57 Å².